The first kappa shape index (κ1) is 13.6. The Balaban J connectivity index is 1.98. The van der Waals surface area contributed by atoms with Crippen LogP contribution in [0.4, 0.5) is 15.8 Å². The lowest BCUT2D eigenvalue weighted by Crippen LogP contribution is -2.15. The molecule has 0 atom stereocenters. The molecule has 2 rings (SSSR count). The summed E-state index contributed by atoms with van der Waals surface area (Å²) in [6.07, 6.45) is 6.14. The van der Waals surface area contributed by atoms with E-state index < -0.39 is 11.7 Å². The molecule has 5 N–H and O–H groups in total. The fraction of sp³-hybridized carbons (Fsp3) is 0.500. The van der Waals surface area contributed by atoms with Gasteiger partial charge in [-0.2, -0.15) is 0 Å². The van der Waals surface area contributed by atoms with Crippen LogP contribution < -0.4 is 16.8 Å². The Bertz CT molecular complexity index is 470. The van der Waals surface area contributed by atoms with E-state index in [9.17, 15) is 9.18 Å². The monoisotopic (exact) mass is 265 g/mol. The number of rotatable bonds is 5. The second-order valence-corrected chi connectivity index (χ2v) is 5.15. The van der Waals surface area contributed by atoms with Crippen molar-refractivity contribution >= 4 is 17.3 Å². The van der Waals surface area contributed by atoms with Crippen LogP contribution in [0.25, 0.3) is 0 Å². The number of nitrogen functional groups attached to an aromatic ring is 1. The van der Waals surface area contributed by atoms with Crippen LogP contribution >= 0.6 is 0 Å². The van der Waals surface area contributed by atoms with Gasteiger partial charge in [-0.15, -0.1) is 0 Å². The zero-order valence-electron chi connectivity index (χ0n) is 10.9. The van der Waals surface area contributed by atoms with Crippen LogP contribution in [-0.4, -0.2) is 12.5 Å². The number of hydrogen-bond donors (Lipinski definition) is 3. The molecule has 1 fully saturated rings. The number of primary amides is 1. The number of halogens is 1. The van der Waals surface area contributed by atoms with E-state index in [-0.39, 0.29) is 11.3 Å². The fourth-order valence-electron chi connectivity index (χ4n) is 2.65. The Morgan fingerprint density at radius 2 is 2.05 bits per heavy atom. The number of carbonyl (C=O) groups excluding carboxylic acids is 1. The third-order valence-corrected chi connectivity index (χ3v) is 3.75. The Labute approximate surface area is 112 Å². The first-order chi connectivity index (χ1) is 9.08. The van der Waals surface area contributed by atoms with Crippen LogP contribution in [0.5, 0.6) is 0 Å². The Morgan fingerprint density at radius 1 is 1.37 bits per heavy atom. The number of hydrogen-bond acceptors (Lipinski definition) is 3. The number of benzene rings is 1. The van der Waals surface area contributed by atoms with Crippen molar-refractivity contribution in [1.82, 2.24) is 0 Å². The van der Waals surface area contributed by atoms with Crippen LogP contribution in [0.3, 0.4) is 0 Å². The van der Waals surface area contributed by atoms with Crippen molar-refractivity contribution in [3.63, 3.8) is 0 Å². The van der Waals surface area contributed by atoms with Gasteiger partial charge in [0.25, 0.3) is 5.91 Å². The predicted molar refractivity (Wildman–Crippen MR) is 74.4 cm³/mol. The zero-order valence-corrected chi connectivity index (χ0v) is 10.9. The number of carbonyl (C=O) groups is 1. The molecule has 1 amide bonds. The summed E-state index contributed by atoms with van der Waals surface area (Å²) in [6, 6.07) is 2.53. The molecule has 5 heteroatoms. The summed E-state index contributed by atoms with van der Waals surface area (Å²) in [5.41, 5.74) is 11.3. The molecule has 0 aromatic heterocycles. The quantitative estimate of drug-likeness (QED) is 0.715. The fourth-order valence-corrected chi connectivity index (χ4v) is 2.65. The number of nitrogens with two attached hydrogens (primary N) is 2. The average Bonchev–Trinajstić information content (AvgIpc) is 2.84. The van der Waals surface area contributed by atoms with Gasteiger partial charge in [0.2, 0.25) is 0 Å². The highest BCUT2D eigenvalue weighted by Crippen LogP contribution is 2.28. The van der Waals surface area contributed by atoms with E-state index in [0.29, 0.717) is 12.2 Å². The third-order valence-electron chi connectivity index (χ3n) is 3.75. The van der Waals surface area contributed by atoms with Gasteiger partial charge in [0, 0.05) is 12.2 Å². The molecule has 0 unspecified atom stereocenters. The largest absolute Gasteiger partial charge is 0.398 e. The van der Waals surface area contributed by atoms with Gasteiger partial charge in [-0.1, -0.05) is 25.7 Å². The molecule has 1 aliphatic carbocycles. The van der Waals surface area contributed by atoms with Gasteiger partial charge in [-0.25, -0.2) is 4.39 Å². The maximum atomic E-state index is 13.7. The summed E-state index contributed by atoms with van der Waals surface area (Å²) in [6.45, 7) is 0.698. The van der Waals surface area contributed by atoms with Crippen molar-refractivity contribution < 1.29 is 9.18 Å². The average molecular weight is 265 g/mol. The van der Waals surface area contributed by atoms with E-state index >= 15 is 0 Å². The first-order valence-corrected chi connectivity index (χ1v) is 6.70. The number of amides is 1. The van der Waals surface area contributed by atoms with Crippen LogP contribution in [0, 0.1) is 11.7 Å². The van der Waals surface area contributed by atoms with E-state index in [0.717, 1.165) is 18.4 Å². The number of anilines is 2. The lowest BCUT2D eigenvalue weighted by Gasteiger charge is -2.13. The van der Waals surface area contributed by atoms with Crippen LogP contribution in [0.1, 0.15) is 42.5 Å². The second kappa shape index (κ2) is 5.91. The van der Waals surface area contributed by atoms with Crippen LogP contribution in [0.15, 0.2) is 12.1 Å². The molecule has 0 bridgehead atoms. The van der Waals surface area contributed by atoms with Gasteiger partial charge in [-0.3, -0.25) is 4.79 Å². The lowest BCUT2D eigenvalue weighted by atomic mass is 10.0. The van der Waals surface area contributed by atoms with E-state index in [4.69, 9.17) is 11.5 Å². The molecule has 0 saturated heterocycles. The predicted octanol–water partition coefficient (Wildman–Crippen LogP) is 2.50. The first-order valence-electron chi connectivity index (χ1n) is 6.70. The van der Waals surface area contributed by atoms with Crippen molar-refractivity contribution in [3.05, 3.63) is 23.5 Å². The van der Waals surface area contributed by atoms with E-state index in [2.05, 4.69) is 5.32 Å². The van der Waals surface area contributed by atoms with E-state index in [1.165, 1.54) is 31.7 Å². The SMILES string of the molecule is NC(=O)c1cc(NCCC2CCCC2)c(F)cc1N. The van der Waals surface area contributed by atoms with Gasteiger partial charge in [0.1, 0.15) is 5.82 Å². The van der Waals surface area contributed by atoms with Gasteiger partial charge < -0.3 is 16.8 Å². The standard InChI is InChI=1S/C14H20FN3O/c15-11-8-12(16)10(14(17)19)7-13(11)18-6-5-9-3-1-2-4-9/h7-9,18H,1-6,16H2,(H2,17,19). The number of nitrogens with one attached hydrogen (secondary N) is 1. The van der Waals surface area contributed by atoms with Gasteiger partial charge in [0.15, 0.2) is 0 Å². The smallest absolute Gasteiger partial charge is 0.250 e. The molecular weight excluding hydrogens is 245 g/mol. The molecule has 1 aromatic rings. The lowest BCUT2D eigenvalue weighted by molar-refractivity contribution is 0.100. The van der Waals surface area contributed by atoms with Crippen molar-refractivity contribution in [3.8, 4) is 0 Å². The molecule has 104 valence electrons. The maximum Gasteiger partial charge on any atom is 0.250 e. The zero-order chi connectivity index (χ0) is 13.8. The summed E-state index contributed by atoms with van der Waals surface area (Å²) in [5.74, 6) is -0.356. The highest BCUT2D eigenvalue weighted by Gasteiger charge is 2.15. The summed E-state index contributed by atoms with van der Waals surface area (Å²) < 4.78 is 13.7. The topological polar surface area (TPSA) is 81.1 Å². The molecule has 1 saturated carbocycles. The third kappa shape index (κ3) is 3.36. The minimum Gasteiger partial charge on any atom is -0.398 e. The molecule has 0 aliphatic heterocycles. The van der Waals surface area contributed by atoms with Crippen molar-refractivity contribution in [1.29, 1.82) is 0 Å². The van der Waals surface area contributed by atoms with Gasteiger partial charge in [-0.05, 0) is 24.5 Å². The molecule has 0 radical (unpaired) electrons. The molecule has 4 nitrogen and oxygen atoms in total. The Morgan fingerprint density at radius 3 is 2.68 bits per heavy atom. The molecule has 1 aromatic carbocycles. The van der Waals surface area contributed by atoms with Crippen molar-refractivity contribution in [2.45, 2.75) is 32.1 Å². The highest BCUT2D eigenvalue weighted by molar-refractivity contribution is 5.99. The summed E-state index contributed by atoms with van der Waals surface area (Å²) in [5, 5.41) is 3.02. The van der Waals surface area contributed by atoms with Crippen LogP contribution in [-0.2, 0) is 0 Å². The molecule has 19 heavy (non-hydrogen) atoms. The van der Waals surface area contributed by atoms with Crippen molar-refractivity contribution in [2.75, 3.05) is 17.6 Å². The molecular formula is C14H20FN3O. The highest BCUT2D eigenvalue weighted by atomic mass is 19.1. The van der Waals surface area contributed by atoms with E-state index in [1.54, 1.807) is 0 Å². The van der Waals surface area contributed by atoms with Crippen LogP contribution in [0.2, 0.25) is 0 Å². The summed E-state index contributed by atoms with van der Waals surface area (Å²) in [7, 11) is 0. The van der Waals surface area contributed by atoms with Gasteiger partial charge in [0.05, 0.1) is 11.3 Å². The molecule has 0 heterocycles. The summed E-state index contributed by atoms with van der Waals surface area (Å²) in [4.78, 5) is 11.2. The normalized spacial score (nSPS) is 15.6. The Kier molecular flexibility index (Phi) is 4.24. The minimum absolute atomic E-state index is 0.0753. The Hall–Kier alpha value is -1.78. The summed E-state index contributed by atoms with van der Waals surface area (Å²) >= 11 is 0. The minimum atomic E-state index is -0.642. The maximum absolute atomic E-state index is 13.7. The second-order valence-electron chi connectivity index (χ2n) is 5.15. The molecule has 1 aliphatic rings. The van der Waals surface area contributed by atoms with Crippen molar-refractivity contribution in [2.24, 2.45) is 11.7 Å². The van der Waals surface area contributed by atoms with E-state index in [1.807, 2.05) is 0 Å². The molecule has 0 spiro atoms. The van der Waals surface area contributed by atoms with Gasteiger partial charge >= 0.3 is 0 Å².